The summed E-state index contributed by atoms with van der Waals surface area (Å²) in [5.74, 6) is -12.0. The predicted octanol–water partition coefficient (Wildman–Crippen LogP) is 2.36. The molecule has 1 aliphatic carbocycles. The summed E-state index contributed by atoms with van der Waals surface area (Å²) in [7, 11) is 5.63. The van der Waals surface area contributed by atoms with Crippen molar-refractivity contribution in [2.75, 3.05) is 66.2 Å². The summed E-state index contributed by atoms with van der Waals surface area (Å²) in [5, 5.41) is 14.0. The number of likely N-dealkylation sites (N-methyl/N-ethyl adjacent to an activating group) is 4. The van der Waals surface area contributed by atoms with Crippen LogP contribution in [0.3, 0.4) is 0 Å². The molecule has 0 saturated carbocycles. The lowest BCUT2D eigenvalue weighted by molar-refractivity contribution is -0.163. The number of hydrogen-bond donors (Lipinski definition) is 5. The number of nitrogens with one attached hydrogen (secondary N) is 5. The number of rotatable bonds is 12. The molecule has 1 aromatic carbocycles. The van der Waals surface area contributed by atoms with E-state index in [1.165, 1.54) is 80.7 Å². The maximum Gasteiger partial charge on any atom is 0.329 e. The van der Waals surface area contributed by atoms with E-state index < -0.39 is 179 Å². The molecule has 28 nitrogen and oxygen atoms in total. The molecule has 5 heterocycles. The topological polar surface area (TPSA) is 346 Å². The molecule has 0 radical (unpaired) electrons. The van der Waals surface area contributed by atoms with Gasteiger partial charge in [-0.05, 0) is 95.1 Å². The number of carbonyl (C=O) groups excluding carboxylic acids is 12. The summed E-state index contributed by atoms with van der Waals surface area (Å²) in [6.07, 6.45) is -0.454. The number of unbranched alkanes of at least 4 members (excludes halogenated alkanes) is 1. The van der Waals surface area contributed by atoms with Crippen LogP contribution in [-0.2, 0) is 57.4 Å². The molecule has 28 heteroatoms. The Kier molecular flexibility index (Phi) is 23.3. The molecule has 10 atom stereocenters. The van der Waals surface area contributed by atoms with E-state index in [1.54, 1.807) is 62.3 Å². The number of hydrogen-bond acceptors (Lipinski definition) is 18. The number of nitrogens with zero attached hydrogens (tertiary/aromatic N) is 7. The highest BCUT2D eigenvalue weighted by atomic mass is 16.6. The van der Waals surface area contributed by atoms with Gasteiger partial charge in [-0.2, -0.15) is 0 Å². The van der Waals surface area contributed by atoms with Crippen molar-refractivity contribution in [2.24, 2.45) is 23.7 Å². The Labute approximate surface area is 547 Å². The van der Waals surface area contributed by atoms with Gasteiger partial charge >= 0.3 is 11.9 Å². The van der Waals surface area contributed by atoms with E-state index in [-0.39, 0.29) is 71.8 Å². The number of benzene rings is 2. The zero-order chi connectivity index (χ0) is 69.8. The first-order chi connectivity index (χ1) is 44.1. The van der Waals surface area contributed by atoms with E-state index in [2.05, 4.69) is 26.6 Å². The van der Waals surface area contributed by atoms with Gasteiger partial charge in [0.25, 0.3) is 11.8 Å². The Bertz CT molecular complexity index is 3490. The molecule has 0 unspecified atom stereocenters. The predicted molar refractivity (Wildman–Crippen MR) is 344 cm³/mol. The van der Waals surface area contributed by atoms with Crippen molar-refractivity contribution >= 4 is 87.8 Å². The van der Waals surface area contributed by atoms with E-state index in [0.717, 1.165) is 9.80 Å². The SMILES string of the molecule is CCCCNc1c(C(=O)N[C@H]2C(=O)N[C@@H](C(C)C)C(=O)N3CCC[C@H]3C(=O)N(C)CC(=O)N(C)[C@H](C(C)C)C(=O)O[C@H]2C)c2nc3c(C(=O)N[C@@H]4C(=O)N[C@H](C(C)C)C(=O)N5CCC[C@@H]5C(=O)N(C)CC(=O)N(C)[C@@H](C(C)C)C(=O)O[C@@H]4C)ccc(C)c3oc-2c(C)c1=O. The first-order valence-corrected chi connectivity index (χ1v) is 32.5. The van der Waals surface area contributed by atoms with Crippen molar-refractivity contribution in [1.29, 1.82) is 0 Å². The molecule has 10 amide bonds. The maximum atomic E-state index is 15.7. The molecule has 7 rings (SSSR count). The Morgan fingerprint density at radius 1 is 0.628 bits per heavy atom. The highest BCUT2D eigenvalue weighted by Gasteiger charge is 2.47. The van der Waals surface area contributed by atoms with Crippen LogP contribution in [-0.4, -0.2) is 227 Å². The van der Waals surface area contributed by atoms with Crippen LogP contribution in [0.15, 0.2) is 21.3 Å². The molecule has 94 heavy (non-hydrogen) atoms. The molecule has 4 fully saturated rings. The minimum Gasteiger partial charge on any atom is -0.458 e. The number of aryl methyl sites for hydroxylation is 1. The second-order valence-electron chi connectivity index (χ2n) is 26.8. The third-order valence-electron chi connectivity index (χ3n) is 18.3. The van der Waals surface area contributed by atoms with Crippen molar-refractivity contribution in [3.05, 3.63) is 44.6 Å². The summed E-state index contributed by atoms with van der Waals surface area (Å²) in [6.45, 7) is 20.7. The molecule has 5 aliphatic heterocycles. The Morgan fingerprint density at radius 3 is 1.50 bits per heavy atom. The summed E-state index contributed by atoms with van der Waals surface area (Å²) < 4.78 is 18.6. The van der Waals surface area contributed by atoms with Crippen LogP contribution in [0.25, 0.3) is 22.6 Å². The number of amides is 10. The molecule has 514 valence electrons. The zero-order valence-corrected chi connectivity index (χ0v) is 57.2. The second-order valence-corrected chi connectivity index (χ2v) is 26.8. The smallest absolute Gasteiger partial charge is 0.329 e. The van der Waals surface area contributed by atoms with Crippen molar-refractivity contribution < 1.29 is 71.4 Å². The van der Waals surface area contributed by atoms with Crippen LogP contribution < -0.4 is 32.0 Å². The molecule has 4 saturated heterocycles. The zero-order valence-electron chi connectivity index (χ0n) is 57.2. The van der Waals surface area contributed by atoms with Crippen LogP contribution >= 0.6 is 0 Å². The van der Waals surface area contributed by atoms with Crippen LogP contribution in [0.4, 0.5) is 5.69 Å². The summed E-state index contributed by atoms with van der Waals surface area (Å²) in [4.78, 5) is 202. The molecule has 1 aromatic rings. The third-order valence-corrected chi connectivity index (χ3v) is 18.3. The lowest BCUT2D eigenvalue weighted by Gasteiger charge is -2.36. The average molecular weight is 1310 g/mol. The van der Waals surface area contributed by atoms with E-state index in [1.807, 2.05) is 6.92 Å². The van der Waals surface area contributed by atoms with Crippen LogP contribution in [0.1, 0.15) is 147 Å². The molecule has 0 spiro atoms. The number of aromatic nitrogens is 1. The fourth-order valence-electron chi connectivity index (χ4n) is 12.8. The Morgan fingerprint density at radius 2 is 1.07 bits per heavy atom. The van der Waals surface area contributed by atoms with Gasteiger partial charge in [-0.15, -0.1) is 0 Å². The highest BCUT2D eigenvalue weighted by Crippen LogP contribution is 2.36. The lowest BCUT2D eigenvalue weighted by atomic mass is 9.98. The van der Waals surface area contributed by atoms with Gasteiger partial charge in [0.2, 0.25) is 52.7 Å². The Balaban J connectivity index is 1.37. The quantitative estimate of drug-likeness (QED) is 0.0987. The van der Waals surface area contributed by atoms with Crippen molar-refractivity contribution in [3.8, 4) is 11.5 Å². The van der Waals surface area contributed by atoms with Gasteiger partial charge in [0.05, 0.1) is 29.9 Å². The van der Waals surface area contributed by atoms with E-state index >= 15 is 14.4 Å². The average Bonchev–Trinajstić information content (AvgIpc) is 0.879. The number of carbonyl (C=O) groups is 12. The molecule has 0 bridgehead atoms. The summed E-state index contributed by atoms with van der Waals surface area (Å²) in [5.41, 5.74) is -1.88. The van der Waals surface area contributed by atoms with Crippen molar-refractivity contribution in [2.45, 2.75) is 189 Å². The molecule has 5 N–H and O–H groups in total. The molecule has 6 aliphatic rings. The third kappa shape index (κ3) is 15.1. The van der Waals surface area contributed by atoms with E-state index in [0.29, 0.717) is 31.2 Å². The normalized spacial score (nSPS) is 25.6. The van der Waals surface area contributed by atoms with Gasteiger partial charge in [0.15, 0.2) is 11.3 Å². The highest BCUT2D eigenvalue weighted by molar-refractivity contribution is 6.11. The minimum absolute atomic E-state index is 0.0168. The number of cyclic esters (lactones) is 2. The summed E-state index contributed by atoms with van der Waals surface area (Å²) in [6, 6.07) is -7.76. The number of fused-ring (bicyclic) bond motifs is 4. The van der Waals surface area contributed by atoms with E-state index in [9.17, 15) is 47.9 Å². The monoisotopic (exact) mass is 1310 g/mol. The van der Waals surface area contributed by atoms with Gasteiger partial charge in [0, 0.05) is 53.4 Å². The van der Waals surface area contributed by atoms with Gasteiger partial charge in [-0.25, -0.2) is 14.6 Å². The van der Waals surface area contributed by atoms with Gasteiger partial charge in [-0.1, -0.05) is 74.8 Å². The second kappa shape index (κ2) is 30.1. The number of ether oxygens (including phenoxy) is 2. The minimum atomic E-state index is -1.86. The van der Waals surface area contributed by atoms with Gasteiger partial charge in [0.1, 0.15) is 71.8 Å². The fourth-order valence-corrected chi connectivity index (χ4v) is 12.8. The number of anilines is 1. The molecular formula is C66H94N12O16. The first-order valence-electron chi connectivity index (χ1n) is 32.5. The first kappa shape index (κ1) is 72.7. The van der Waals surface area contributed by atoms with Crippen molar-refractivity contribution in [3.63, 3.8) is 0 Å². The van der Waals surface area contributed by atoms with Crippen molar-refractivity contribution in [1.82, 2.24) is 55.7 Å². The largest absolute Gasteiger partial charge is 0.458 e. The van der Waals surface area contributed by atoms with Crippen LogP contribution in [0, 0.1) is 37.5 Å². The number of esters is 2. The fraction of sp³-hybridized carbons (Fsp3) is 0.636. The van der Waals surface area contributed by atoms with Crippen LogP contribution in [0.5, 0.6) is 0 Å². The summed E-state index contributed by atoms with van der Waals surface area (Å²) >= 11 is 0. The standard InChI is InChI=1S/C66H94N12O16/c1-18-19-26-67-50-44(58(83)72-48-38(13)93-66(91)53(34(8)9)76(17)43(80)30-74(15)62(87)41-23-21-28-78(41)64(89)46(32(4)5)70-60(48)85)51-56(36(11)54(50)81)94-55-35(10)24-25-39(49(55)68-51)57(82)71-47-37(12)92-65(90)52(33(6)7)75(16)42(79)29-73(14)61(86)40-22-20-27-77(40)63(88)45(31(2)3)69-59(47)84/h24-25,31-34,37-38,40-41,45-48,52-53,67H,18-23,26-30H2,1-17H3,(H,69,84)(H,70,85)(H,71,82)(H,72,83)/t37-,38+,40-,41+,45-,46+,47+,48-,52+,53-/m1/s1. The van der Waals surface area contributed by atoms with Crippen LogP contribution in [0.2, 0.25) is 0 Å². The molecular weight excluding hydrogens is 1220 g/mol. The van der Waals surface area contributed by atoms with Gasteiger partial charge in [-0.3, -0.25) is 52.7 Å². The molecule has 0 aromatic heterocycles. The maximum absolute atomic E-state index is 15.7. The Hall–Kier alpha value is -8.72. The van der Waals surface area contributed by atoms with Gasteiger partial charge < -0.3 is 69.9 Å². The van der Waals surface area contributed by atoms with E-state index in [4.69, 9.17) is 18.9 Å². The lowest BCUT2D eigenvalue weighted by Crippen LogP contribution is -2.61.